The van der Waals surface area contributed by atoms with Crippen LogP contribution in [0.25, 0.3) is 0 Å². The van der Waals surface area contributed by atoms with Crippen LogP contribution in [0.5, 0.6) is 0 Å². The van der Waals surface area contributed by atoms with E-state index in [1.165, 1.54) is 19.3 Å². The molecule has 1 aliphatic carbocycles. The van der Waals surface area contributed by atoms with Crippen molar-refractivity contribution in [3.05, 3.63) is 12.2 Å². The zero-order valence-corrected chi connectivity index (χ0v) is 8.82. The first kappa shape index (κ1) is 10.4. The maximum Gasteiger partial charge on any atom is 0.0502 e. The van der Waals surface area contributed by atoms with Crippen molar-refractivity contribution in [1.82, 2.24) is 0 Å². The molecule has 0 bridgehead atoms. The zero-order chi connectivity index (χ0) is 8.81. The van der Waals surface area contributed by atoms with E-state index in [4.69, 9.17) is 23.2 Å². The number of allylic oxidation sites excluding steroid dienone is 2. The van der Waals surface area contributed by atoms with Crippen molar-refractivity contribution in [1.29, 1.82) is 0 Å². The second-order valence-corrected chi connectivity index (χ2v) is 4.49. The summed E-state index contributed by atoms with van der Waals surface area (Å²) in [5.74, 6) is 0. The molecule has 0 saturated carbocycles. The highest BCUT2D eigenvalue weighted by molar-refractivity contribution is 6.29. The number of hydrogen-bond acceptors (Lipinski definition) is 0. The molecule has 1 rings (SSSR count). The van der Waals surface area contributed by atoms with Crippen LogP contribution >= 0.6 is 23.2 Å². The van der Waals surface area contributed by atoms with Gasteiger partial charge in [0.25, 0.3) is 0 Å². The fourth-order valence-corrected chi connectivity index (χ4v) is 1.99. The maximum absolute atomic E-state index is 6.11. The van der Waals surface area contributed by atoms with Gasteiger partial charge in [-0.05, 0) is 32.1 Å². The van der Waals surface area contributed by atoms with Gasteiger partial charge in [-0.3, -0.25) is 0 Å². The van der Waals surface area contributed by atoms with Crippen molar-refractivity contribution < 1.29 is 0 Å². The number of rotatable bonds is 0. The highest BCUT2D eigenvalue weighted by Crippen LogP contribution is 2.22. The van der Waals surface area contributed by atoms with Gasteiger partial charge in [0, 0.05) is 5.38 Å². The summed E-state index contributed by atoms with van der Waals surface area (Å²) >= 11 is 12.2. The van der Waals surface area contributed by atoms with Crippen LogP contribution in [0, 0.1) is 0 Å². The number of hydrogen-bond donors (Lipinski definition) is 0. The third-order valence-corrected chi connectivity index (χ3v) is 3.44. The summed E-state index contributed by atoms with van der Waals surface area (Å²) in [6, 6.07) is 0. The van der Waals surface area contributed by atoms with Crippen molar-refractivity contribution in [2.75, 3.05) is 0 Å². The Hall–Kier alpha value is 0.320. The molecule has 0 fully saturated rings. The summed E-state index contributed by atoms with van der Waals surface area (Å²) in [6.45, 7) is 0. The SMILES string of the molecule is ClC1CCC=CCCCCC1Cl. The highest BCUT2D eigenvalue weighted by Gasteiger charge is 2.15. The van der Waals surface area contributed by atoms with Crippen LogP contribution in [0.3, 0.4) is 0 Å². The second kappa shape index (κ2) is 5.88. The van der Waals surface area contributed by atoms with E-state index < -0.39 is 0 Å². The van der Waals surface area contributed by atoms with Crippen LogP contribution in [0.4, 0.5) is 0 Å². The van der Waals surface area contributed by atoms with Crippen molar-refractivity contribution in [3.8, 4) is 0 Å². The van der Waals surface area contributed by atoms with Crippen LogP contribution in [-0.2, 0) is 0 Å². The van der Waals surface area contributed by atoms with E-state index in [1.807, 2.05) is 0 Å². The lowest BCUT2D eigenvalue weighted by Crippen LogP contribution is -2.14. The Kier molecular flexibility index (Phi) is 5.10. The minimum atomic E-state index is 0.161. The predicted molar refractivity (Wildman–Crippen MR) is 56.1 cm³/mol. The van der Waals surface area contributed by atoms with Gasteiger partial charge < -0.3 is 0 Å². The molecule has 0 N–H and O–H groups in total. The van der Waals surface area contributed by atoms with Gasteiger partial charge in [-0.2, -0.15) is 0 Å². The zero-order valence-electron chi connectivity index (χ0n) is 7.31. The molecule has 0 amide bonds. The van der Waals surface area contributed by atoms with E-state index in [0.29, 0.717) is 0 Å². The summed E-state index contributed by atoms with van der Waals surface area (Å²) in [5.41, 5.74) is 0. The predicted octanol–water partition coefficient (Wildman–Crippen LogP) is 4.11. The van der Waals surface area contributed by atoms with Crippen molar-refractivity contribution in [2.45, 2.75) is 49.3 Å². The molecule has 0 aromatic heterocycles. The Balaban J connectivity index is 2.36. The molecule has 0 aliphatic heterocycles. The van der Waals surface area contributed by atoms with Gasteiger partial charge in [0.05, 0.1) is 5.38 Å². The number of halogens is 2. The van der Waals surface area contributed by atoms with E-state index >= 15 is 0 Å². The topological polar surface area (TPSA) is 0 Å². The van der Waals surface area contributed by atoms with E-state index in [1.54, 1.807) is 0 Å². The third-order valence-electron chi connectivity index (χ3n) is 2.27. The van der Waals surface area contributed by atoms with E-state index in [9.17, 15) is 0 Å². The van der Waals surface area contributed by atoms with E-state index in [0.717, 1.165) is 19.3 Å². The summed E-state index contributed by atoms with van der Waals surface area (Å²) in [5, 5.41) is 0.340. The first-order valence-electron chi connectivity index (χ1n) is 4.74. The second-order valence-electron chi connectivity index (χ2n) is 3.37. The molecule has 0 heterocycles. The Bertz CT molecular complexity index is 143. The molecular formula is C10H16Cl2. The molecule has 1 aliphatic rings. The minimum Gasteiger partial charge on any atom is -0.121 e. The quantitative estimate of drug-likeness (QED) is 0.414. The van der Waals surface area contributed by atoms with Gasteiger partial charge in [0.1, 0.15) is 0 Å². The van der Waals surface area contributed by atoms with Gasteiger partial charge in [-0.15, -0.1) is 23.2 Å². The van der Waals surface area contributed by atoms with Crippen LogP contribution in [0.1, 0.15) is 38.5 Å². The largest absolute Gasteiger partial charge is 0.121 e. The van der Waals surface area contributed by atoms with Crippen LogP contribution < -0.4 is 0 Å². The molecule has 12 heavy (non-hydrogen) atoms. The normalized spacial score (nSPS) is 33.2. The van der Waals surface area contributed by atoms with Gasteiger partial charge in [-0.25, -0.2) is 0 Å². The van der Waals surface area contributed by atoms with Gasteiger partial charge in [-0.1, -0.05) is 18.6 Å². The molecule has 0 aromatic rings. The third kappa shape index (κ3) is 3.82. The number of alkyl halides is 2. The van der Waals surface area contributed by atoms with Gasteiger partial charge in [0.15, 0.2) is 0 Å². The lowest BCUT2D eigenvalue weighted by Gasteiger charge is -2.15. The Labute approximate surface area is 84.9 Å². The summed E-state index contributed by atoms with van der Waals surface area (Å²) < 4.78 is 0. The molecule has 0 nitrogen and oxygen atoms in total. The lowest BCUT2D eigenvalue weighted by atomic mass is 10.0. The molecule has 0 saturated heterocycles. The molecule has 70 valence electrons. The van der Waals surface area contributed by atoms with Gasteiger partial charge in [0.2, 0.25) is 0 Å². The van der Waals surface area contributed by atoms with Crippen LogP contribution in [0.2, 0.25) is 0 Å². The molecule has 0 radical (unpaired) electrons. The fraction of sp³-hybridized carbons (Fsp3) is 0.800. The monoisotopic (exact) mass is 206 g/mol. The standard InChI is InChI=1S/C10H16Cl2/c11-9-7-5-3-1-2-4-6-8-10(9)12/h1,3,9-10H,2,4-8H2. The van der Waals surface area contributed by atoms with Crippen LogP contribution in [-0.4, -0.2) is 10.8 Å². The maximum atomic E-state index is 6.11. The molecule has 2 atom stereocenters. The Morgan fingerprint density at radius 1 is 0.833 bits per heavy atom. The van der Waals surface area contributed by atoms with Crippen molar-refractivity contribution in [3.63, 3.8) is 0 Å². The van der Waals surface area contributed by atoms with Gasteiger partial charge >= 0.3 is 0 Å². The molecule has 0 aromatic carbocycles. The van der Waals surface area contributed by atoms with Crippen LogP contribution in [0.15, 0.2) is 12.2 Å². The lowest BCUT2D eigenvalue weighted by molar-refractivity contribution is 0.605. The Morgan fingerprint density at radius 2 is 1.50 bits per heavy atom. The van der Waals surface area contributed by atoms with Crippen molar-refractivity contribution >= 4 is 23.2 Å². The average Bonchev–Trinajstić information content (AvgIpc) is 2.08. The first-order chi connectivity index (χ1) is 5.80. The summed E-state index contributed by atoms with van der Waals surface area (Å²) in [4.78, 5) is 0. The Morgan fingerprint density at radius 3 is 2.33 bits per heavy atom. The molecular weight excluding hydrogens is 191 g/mol. The molecule has 0 spiro atoms. The van der Waals surface area contributed by atoms with Crippen molar-refractivity contribution in [2.24, 2.45) is 0 Å². The van der Waals surface area contributed by atoms with E-state index in [-0.39, 0.29) is 10.8 Å². The molecule has 2 heteroatoms. The highest BCUT2D eigenvalue weighted by atomic mass is 35.5. The smallest absolute Gasteiger partial charge is 0.0502 e. The average molecular weight is 207 g/mol. The fourth-order valence-electron chi connectivity index (χ4n) is 1.45. The summed E-state index contributed by atoms with van der Waals surface area (Å²) in [6.07, 6.45) is 11.3. The van der Waals surface area contributed by atoms with E-state index in [2.05, 4.69) is 12.2 Å². The summed E-state index contributed by atoms with van der Waals surface area (Å²) in [7, 11) is 0. The minimum absolute atomic E-state index is 0.161. The first-order valence-corrected chi connectivity index (χ1v) is 5.61. The molecule has 2 unspecified atom stereocenters.